The third-order valence-corrected chi connectivity index (χ3v) is 4.84. The molecule has 2 aromatic carbocycles. The van der Waals surface area contributed by atoms with Gasteiger partial charge in [-0.1, -0.05) is 45.5 Å². The van der Waals surface area contributed by atoms with Gasteiger partial charge in [0.25, 0.3) is 5.91 Å². The molecular weight excluding hydrogens is 450 g/mol. The van der Waals surface area contributed by atoms with E-state index < -0.39 is 29.9 Å². The Kier molecular flexibility index (Phi) is 11.7. The van der Waals surface area contributed by atoms with E-state index in [0.717, 1.165) is 11.1 Å². The molecule has 2 amide bonds. The highest BCUT2D eigenvalue weighted by Gasteiger charge is 2.29. The zero-order valence-corrected chi connectivity index (χ0v) is 19.3. The molecule has 9 heteroatoms. The SMILES string of the molecule is C.CCC(=O)Oc1ccc(-c2ccc(C(=O)N[C@H](C(=O)NCC#N)[C@@H](C)OC(=O)CC)cc2)cc1. The monoisotopic (exact) mass is 481 g/mol. The lowest BCUT2D eigenvalue weighted by atomic mass is 10.0. The van der Waals surface area contributed by atoms with E-state index in [-0.39, 0.29) is 32.8 Å². The molecule has 0 aliphatic heterocycles. The summed E-state index contributed by atoms with van der Waals surface area (Å²) in [5.41, 5.74) is 1.99. The summed E-state index contributed by atoms with van der Waals surface area (Å²) in [6, 6.07) is 14.3. The number of carbonyl (C=O) groups excluding carboxylic acids is 4. The summed E-state index contributed by atoms with van der Waals surface area (Å²) in [4.78, 5) is 48.2. The quantitative estimate of drug-likeness (QED) is 0.302. The molecule has 2 rings (SSSR count). The van der Waals surface area contributed by atoms with Gasteiger partial charge in [-0.3, -0.25) is 19.2 Å². The third kappa shape index (κ3) is 8.59. The molecule has 0 aliphatic rings. The maximum absolute atomic E-state index is 12.8. The van der Waals surface area contributed by atoms with E-state index in [2.05, 4.69) is 10.6 Å². The Bertz CT molecular complexity index is 1060. The number of ether oxygens (including phenoxy) is 2. The van der Waals surface area contributed by atoms with Gasteiger partial charge in [0.2, 0.25) is 5.91 Å². The number of nitrogens with zero attached hydrogens (tertiary/aromatic N) is 1. The molecule has 0 spiro atoms. The number of benzene rings is 2. The van der Waals surface area contributed by atoms with E-state index in [1.54, 1.807) is 68.4 Å². The average Bonchev–Trinajstić information content (AvgIpc) is 2.85. The zero-order valence-electron chi connectivity index (χ0n) is 19.3. The van der Waals surface area contributed by atoms with Crippen LogP contribution < -0.4 is 15.4 Å². The van der Waals surface area contributed by atoms with Crippen molar-refractivity contribution >= 4 is 23.8 Å². The zero-order chi connectivity index (χ0) is 25.1. The molecule has 2 aromatic rings. The van der Waals surface area contributed by atoms with Crippen LogP contribution in [0.1, 0.15) is 51.4 Å². The molecule has 0 aromatic heterocycles. The summed E-state index contributed by atoms with van der Waals surface area (Å²) in [7, 11) is 0. The van der Waals surface area contributed by atoms with E-state index >= 15 is 0 Å². The minimum Gasteiger partial charge on any atom is -0.460 e. The van der Waals surface area contributed by atoms with Crippen LogP contribution >= 0.6 is 0 Å². The van der Waals surface area contributed by atoms with E-state index in [1.807, 2.05) is 0 Å². The fraction of sp³-hybridized carbons (Fsp3) is 0.346. The summed E-state index contributed by atoms with van der Waals surface area (Å²) >= 11 is 0. The predicted molar refractivity (Wildman–Crippen MR) is 130 cm³/mol. The van der Waals surface area contributed by atoms with Crippen molar-refractivity contribution in [3.05, 3.63) is 54.1 Å². The van der Waals surface area contributed by atoms with Crippen molar-refractivity contribution in [1.29, 1.82) is 5.26 Å². The maximum atomic E-state index is 12.8. The molecule has 35 heavy (non-hydrogen) atoms. The fourth-order valence-corrected chi connectivity index (χ4v) is 2.95. The first-order chi connectivity index (χ1) is 16.3. The number of esters is 2. The molecule has 0 unspecified atom stereocenters. The number of rotatable bonds is 10. The van der Waals surface area contributed by atoms with Crippen LogP contribution in [0.4, 0.5) is 0 Å². The van der Waals surface area contributed by atoms with Crippen LogP contribution in [0.25, 0.3) is 11.1 Å². The second-order valence-corrected chi connectivity index (χ2v) is 7.30. The lowest BCUT2D eigenvalue weighted by Crippen LogP contribution is -2.53. The van der Waals surface area contributed by atoms with Crippen LogP contribution in [0.5, 0.6) is 5.75 Å². The molecule has 2 N–H and O–H groups in total. The Labute approximate surface area is 205 Å². The number of hydrogen-bond donors (Lipinski definition) is 2. The van der Waals surface area contributed by atoms with Gasteiger partial charge >= 0.3 is 11.9 Å². The fourth-order valence-electron chi connectivity index (χ4n) is 2.95. The molecule has 0 bridgehead atoms. The van der Waals surface area contributed by atoms with E-state index in [0.29, 0.717) is 11.3 Å². The summed E-state index contributed by atoms with van der Waals surface area (Å²) in [5.74, 6) is -1.55. The molecule has 0 radical (unpaired) electrons. The highest BCUT2D eigenvalue weighted by molar-refractivity contribution is 5.98. The van der Waals surface area contributed by atoms with E-state index in [1.165, 1.54) is 6.92 Å². The lowest BCUT2D eigenvalue weighted by Gasteiger charge is -2.24. The largest absolute Gasteiger partial charge is 0.460 e. The van der Waals surface area contributed by atoms with Gasteiger partial charge < -0.3 is 20.1 Å². The first-order valence-electron chi connectivity index (χ1n) is 10.8. The highest BCUT2D eigenvalue weighted by atomic mass is 16.5. The second-order valence-electron chi connectivity index (χ2n) is 7.30. The molecular formula is C26H31N3O6. The van der Waals surface area contributed by atoms with Gasteiger partial charge in [-0.25, -0.2) is 0 Å². The average molecular weight is 482 g/mol. The molecule has 0 heterocycles. The number of carbonyl (C=O) groups is 4. The number of nitrogens with one attached hydrogen (secondary N) is 2. The van der Waals surface area contributed by atoms with Crippen LogP contribution in [0.3, 0.4) is 0 Å². The standard InChI is InChI=1S/C25H27N3O6.CH4/c1-4-21(29)33-16(3)23(25(32)27-15-14-26)28-24(31)19-8-6-17(7-9-19)18-10-12-20(13-11-18)34-22(30)5-2;/h6-13,16,23H,4-5,15H2,1-3H3,(H,27,32)(H,28,31);1H4/t16-,23+;/m1./s1. The second kappa shape index (κ2) is 14.2. The smallest absolute Gasteiger partial charge is 0.310 e. The molecule has 0 saturated heterocycles. The molecule has 186 valence electrons. The topological polar surface area (TPSA) is 135 Å². The van der Waals surface area contributed by atoms with Crippen LogP contribution in [0.15, 0.2) is 48.5 Å². The van der Waals surface area contributed by atoms with Crippen LogP contribution in [0, 0.1) is 11.3 Å². The molecule has 0 aliphatic carbocycles. The van der Waals surface area contributed by atoms with Crippen LogP contribution in [-0.4, -0.2) is 42.4 Å². The number of amides is 2. The Balaban J connectivity index is 0.00000612. The Morgan fingerprint density at radius 1 is 0.914 bits per heavy atom. The van der Waals surface area contributed by atoms with Gasteiger partial charge in [0.05, 0.1) is 6.07 Å². The van der Waals surface area contributed by atoms with Gasteiger partial charge in [0.1, 0.15) is 24.4 Å². The van der Waals surface area contributed by atoms with Gasteiger partial charge in [-0.05, 0) is 42.3 Å². The first-order valence-corrected chi connectivity index (χ1v) is 10.8. The lowest BCUT2D eigenvalue weighted by molar-refractivity contribution is -0.150. The minimum absolute atomic E-state index is 0. The predicted octanol–water partition coefficient (Wildman–Crippen LogP) is 3.38. The van der Waals surface area contributed by atoms with E-state index in [4.69, 9.17) is 14.7 Å². The minimum atomic E-state index is -1.17. The third-order valence-electron chi connectivity index (χ3n) is 4.84. The highest BCUT2D eigenvalue weighted by Crippen LogP contribution is 2.23. The normalized spacial score (nSPS) is 11.6. The van der Waals surface area contributed by atoms with Crippen LogP contribution in [-0.2, 0) is 19.1 Å². The summed E-state index contributed by atoms with van der Waals surface area (Å²) in [5, 5.41) is 13.7. The Hall–Kier alpha value is -4.19. The molecule has 0 fully saturated rings. The van der Waals surface area contributed by atoms with Crippen molar-refractivity contribution in [3.8, 4) is 22.9 Å². The number of hydrogen-bond acceptors (Lipinski definition) is 7. The molecule has 0 saturated carbocycles. The van der Waals surface area contributed by atoms with Gasteiger partial charge in [-0.2, -0.15) is 5.26 Å². The molecule has 2 atom stereocenters. The Morgan fingerprint density at radius 2 is 1.46 bits per heavy atom. The summed E-state index contributed by atoms with van der Waals surface area (Å²) < 4.78 is 10.4. The van der Waals surface area contributed by atoms with Crippen LogP contribution in [0.2, 0.25) is 0 Å². The van der Waals surface area contributed by atoms with Gasteiger partial charge in [0, 0.05) is 18.4 Å². The van der Waals surface area contributed by atoms with Crippen molar-refractivity contribution in [2.24, 2.45) is 0 Å². The van der Waals surface area contributed by atoms with Crippen molar-refractivity contribution < 1.29 is 28.7 Å². The van der Waals surface area contributed by atoms with Crippen molar-refractivity contribution in [3.63, 3.8) is 0 Å². The number of nitriles is 1. The van der Waals surface area contributed by atoms with Crippen molar-refractivity contribution in [2.45, 2.75) is 53.2 Å². The maximum Gasteiger partial charge on any atom is 0.310 e. The first kappa shape index (κ1) is 28.8. The van der Waals surface area contributed by atoms with Gasteiger partial charge in [0.15, 0.2) is 0 Å². The van der Waals surface area contributed by atoms with Crippen molar-refractivity contribution in [1.82, 2.24) is 10.6 Å². The van der Waals surface area contributed by atoms with E-state index in [9.17, 15) is 19.2 Å². The Morgan fingerprint density at radius 3 is 1.97 bits per heavy atom. The summed E-state index contributed by atoms with van der Waals surface area (Å²) in [6.07, 6.45) is -0.532. The van der Waals surface area contributed by atoms with Crippen molar-refractivity contribution in [2.75, 3.05) is 6.54 Å². The van der Waals surface area contributed by atoms with Gasteiger partial charge in [-0.15, -0.1) is 0 Å². The molecule has 9 nitrogen and oxygen atoms in total. The summed E-state index contributed by atoms with van der Waals surface area (Å²) in [6.45, 7) is 4.58.